The van der Waals surface area contributed by atoms with Crippen LogP contribution in [0.5, 0.6) is 0 Å². The quantitative estimate of drug-likeness (QED) is 0.375. The fourth-order valence-corrected chi connectivity index (χ4v) is 2.70. The summed E-state index contributed by atoms with van der Waals surface area (Å²) in [6.07, 6.45) is 14.7. The molecule has 0 aromatic carbocycles. The van der Waals surface area contributed by atoms with Gasteiger partial charge in [0.15, 0.2) is 0 Å². The van der Waals surface area contributed by atoms with Gasteiger partial charge in [0.05, 0.1) is 12.2 Å². The van der Waals surface area contributed by atoms with Gasteiger partial charge in [-0.15, -0.1) is 0 Å². The minimum atomic E-state index is -0.666. The van der Waals surface area contributed by atoms with E-state index in [1.165, 1.54) is 57.8 Å². The maximum atomic E-state index is 9.76. The molecule has 0 rings (SSSR count). The van der Waals surface area contributed by atoms with Crippen molar-refractivity contribution in [1.82, 2.24) is 0 Å². The van der Waals surface area contributed by atoms with Gasteiger partial charge in [0.1, 0.15) is 0 Å². The third kappa shape index (κ3) is 14.6. The van der Waals surface area contributed by atoms with Crippen molar-refractivity contribution in [2.45, 2.75) is 109 Å². The van der Waals surface area contributed by atoms with Crippen LogP contribution < -0.4 is 0 Å². The van der Waals surface area contributed by atoms with E-state index in [0.29, 0.717) is 19.3 Å². The van der Waals surface area contributed by atoms with E-state index in [2.05, 4.69) is 6.92 Å². The molecule has 0 aromatic rings. The summed E-state index contributed by atoms with van der Waals surface area (Å²) in [7, 11) is 0. The molecule has 0 amide bonds. The fourth-order valence-electron chi connectivity index (χ4n) is 2.70. The predicted molar refractivity (Wildman–Crippen MR) is 89.4 cm³/mol. The van der Waals surface area contributed by atoms with E-state index in [9.17, 15) is 10.2 Å². The molecule has 3 nitrogen and oxygen atoms in total. The third-order valence-corrected chi connectivity index (χ3v) is 4.21. The van der Waals surface area contributed by atoms with Gasteiger partial charge >= 0.3 is 0 Å². The van der Waals surface area contributed by atoms with Gasteiger partial charge in [-0.25, -0.2) is 0 Å². The highest BCUT2D eigenvalue weighted by Gasteiger charge is 2.14. The number of aliphatic hydroxyl groups excluding tert-OH is 3. The Kier molecular flexibility index (Phi) is 16.2. The Morgan fingerprint density at radius 3 is 1.38 bits per heavy atom. The highest BCUT2D eigenvalue weighted by atomic mass is 16.3. The SMILES string of the molecule is CCCCCCCCCCCCC[C@@H](O)[C@@H](O)CCCO. The molecule has 0 fully saturated rings. The highest BCUT2D eigenvalue weighted by molar-refractivity contribution is 4.67. The number of rotatable bonds is 16. The zero-order valence-electron chi connectivity index (χ0n) is 14.1. The first-order valence-electron chi connectivity index (χ1n) is 9.19. The van der Waals surface area contributed by atoms with Gasteiger partial charge in [-0.05, 0) is 19.3 Å². The van der Waals surface area contributed by atoms with Crippen LogP contribution >= 0.6 is 0 Å². The van der Waals surface area contributed by atoms with Crippen molar-refractivity contribution < 1.29 is 15.3 Å². The van der Waals surface area contributed by atoms with Crippen molar-refractivity contribution in [2.24, 2.45) is 0 Å². The zero-order chi connectivity index (χ0) is 15.8. The molecular weight excluding hydrogens is 264 g/mol. The first-order chi connectivity index (χ1) is 10.2. The molecule has 0 heterocycles. The molecule has 3 heteroatoms. The van der Waals surface area contributed by atoms with Crippen LogP contribution in [0.25, 0.3) is 0 Å². The van der Waals surface area contributed by atoms with E-state index in [1.807, 2.05) is 0 Å². The Morgan fingerprint density at radius 2 is 0.952 bits per heavy atom. The monoisotopic (exact) mass is 302 g/mol. The smallest absolute Gasteiger partial charge is 0.0800 e. The summed E-state index contributed by atoms with van der Waals surface area (Å²) in [5.74, 6) is 0. The van der Waals surface area contributed by atoms with Crippen LogP contribution in [0.4, 0.5) is 0 Å². The van der Waals surface area contributed by atoms with Crippen LogP contribution in [0.3, 0.4) is 0 Å². The molecule has 128 valence electrons. The summed E-state index contributed by atoms with van der Waals surface area (Å²) in [4.78, 5) is 0. The number of hydrogen-bond donors (Lipinski definition) is 3. The van der Waals surface area contributed by atoms with Gasteiger partial charge in [0, 0.05) is 6.61 Å². The zero-order valence-corrected chi connectivity index (χ0v) is 14.1. The molecule has 0 bridgehead atoms. The van der Waals surface area contributed by atoms with E-state index in [1.54, 1.807) is 0 Å². The lowest BCUT2D eigenvalue weighted by Gasteiger charge is -2.17. The molecule has 0 aliphatic heterocycles. The molecule has 0 aliphatic carbocycles. The summed E-state index contributed by atoms with van der Waals surface area (Å²) < 4.78 is 0. The molecule has 0 saturated heterocycles. The summed E-state index contributed by atoms with van der Waals surface area (Å²) in [5.41, 5.74) is 0. The second kappa shape index (κ2) is 16.3. The average Bonchev–Trinajstić information content (AvgIpc) is 2.49. The maximum Gasteiger partial charge on any atom is 0.0800 e. The summed E-state index contributed by atoms with van der Waals surface area (Å²) in [5, 5.41) is 28.1. The molecule has 3 N–H and O–H groups in total. The van der Waals surface area contributed by atoms with Gasteiger partial charge in [-0.2, -0.15) is 0 Å². The largest absolute Gasteiger partial charge is 0.396 e. The predicted octanol–water partition coefficient (Wildman–Crippen LogP) is 4.18. The Balaban J connectivity index is 3.21. The van der Waals surface area contributed by atoms with Gasteiger partial charge in [0.25, 0.3) is 0 Å². The van der Waals surface area contributed by atoms with Crippen LogP contribution in [0, 0.1) is 0 Å². The third-order valence-electron chi connectivity index (χ3n) is 4.21. The van der Waals surface area contributed by atoms with Crippen LogP contribution in [-0.2, 0) is 0 Å². The van der Waals surface area contributed by atoms with Gasteiger partial charge in [-0.1, -0.05) is 77.6 Å². The minimum absolute atomic E-state index is 0.0855. The Morgan fingerprint density at radius 1 is 0.571 bits per heavy atom. The van der Waals surface area contributed by atoms with Crippen molar-refractivity contribution >= 4 is 0 Å². The van der Waals surface area contributed by atoms with Crippen LogP contribution in [0.15, 0.2) is 0 Å². The average molecular weight is 302 g/mol. The van der Waals surface area contributed by atoms with Crippen LogP contribution in [0.1, 0.15) is 96.8 Å². The molecular formula is C18H38O3. The van der Waals surface area contributed by atoms with Crippen LogP contribution in [0.2, 0.25) is 0 Å². The normalized spacial score (nSPS) is 14.3. The number of hydrogen-bond acceptors (Lipinski definition) is 3. The first-order valence-corrected chi connectivity index (χ1v) is 9.19. The molecule has 0 spiro atoms. The second-order valence-electron chi connectivity index (χ2n) is 6.32. The topological polar surface area (TPSA) is 60.7 Å². The van der Waals surface area contributed by atoms with Gasteiger partial charge < -0.3 is 15.3 Å². The molecule has 0 saturated carbocycles. The molecule has 0 aromatic heterocycles. The molecule has 0 unspecified atom stereocenters. The number of unbranched alkanes of at least 4 members (excludes halogenated alkanes) is 10. The van der Waals surface area contributed by atoms with E-state index in [0.717, 1.165) is 12.8 Å². The van der Waals surface area contributed by atoms with Crippen molar-refractivity contribution in [3.8, 4) is 0 Å². The Labute approximate surface area is 131 Å². The highest BCUT2D eigenvalue weighted by Crippen LogP contribution is 2.14. The number of aliphatic hydroxyl groups is 3. The summed E-state index contributed by atoms with van der Waals surface area (Å²) >= 11 is 0. The van der Waals surface area contributed by atoms with Crippen LogP contribution in [-0.4, -0.2) is 34.1 Å². The lowest BCUT2D eigenvalue weighted by atomic mass is 10.0. The lowest BCUT2D eigenvalue weighted by Crippen LogP contribution is -2.25. The summed E-state index contributed by atoms with van der Waals surface area (Å²) in [6.45, 7) is 2.34. The lowest BCUT2D eigenvalue weighted by molar-refractivity contribution is 0.00522. The molecule has 2 atom stereocenters. The van der Waals surface area contributed by atoms with E-state index >= 15 is 0 Å². The second-order valence-corrected chi connectivity index (χ2v) is 6.32. The van der Waals surface area contributed by atoms with Crippen molar-refractivity contribution in [3.63, 3.8) is 0 Å². The van der Waals surface area contributed by atoms with Crippen molar-refractivity contribution in [2.75, 3.05) is 6.61 Å². The fraction of sp³-hybridized carbons (Fsp3) is 1.00. The van der Waals surface area contributed by atoms with E-state index in [4.69, 9.17) is 5.11 Å². The van der Waals surface area contributed by atoms with Crippen molar-refractivity contribution in [3.05, 3.63) is 0 Å². The Hall–Kier alpha value is -0.120. The van der Waals surface area contributed by atoms with Gasteiger partial charge in [-0.3, -0.25) is 0 Å². The van der Waals surface area contributed by atoms with Gasteiger partial charge in [0.2, 0.25) is 0 Å². The minimum Gasteiger partial charge on any atom is -0.396 e. The van der Waals surface area contributed by atoms with E-state index in [-0.39, 0.29) is 6.61 Å². The maximum absolute atomic E-state index is 9.76. The molecule has 21 heavy (non-hydrogen) atoms. The Bertz CT molecular complexity index is 197. The van der Waals surface area contributed by atoms with E-state index < -0.39 is 12.2 Å². The first kappa shape index (κ1) is 20.9. The standard InChI is InChI=1S/C18H38O3/c1-2-3-4-5-6-7-8-9-10-11-12-14-17(20)18(21)15-13-16-19/h17-21H,2-16H2,1H3/t17-,18+/m1/s1. The molecule has 0 aliphatic rings. The molecule has 0 radical (unpaired) electrons. The van der Waals surface area contributed by atoms with Crippen molar-refractivity contribution in [1.29, 1.82) is 0 Å². The summed E-state index contributed by atoms with van der Waals surface area (Å²) in [6, 6.07) is 0.